The van der Waals surface area contributed by atoms with E-state index in [1.54, 1.807) is 4.74 Å². The molecule has 0 bridgehead atoms. The molecule has 0 spiro atoms. The second-order valence-corrected chi connectivity index (χ2v) is 2.55. The van der Waals surface area contributed by atoms with Crippen molar-refractivity contribution in [2.75, 3.05) is 0 Å². The topological polar surface area (TPSA) is 9.23 Å². The molecule has 0 rings (SSSR count). The minimum Gasteiger partial charge on any atom is -0.245 e. The summed E-state index contributed by atoms with van der Waals surface area (Å²) in [6.07, 6.45) is -24.9. The molecule has 0 aliphatic carbocycles. The predicted molar refractivity (Wildman–Crippen MR) is 28.0 cm³/mol. The van der Waals surface area contributed by atoms with Gasteiger partial charge < -0.3 is 0 Å². The molecule has 0 aromatic rings. The van der Waals surface area contributed by atoms with Crippen LogP contribution in [0, 0.1) is 0 Å². The maximum atomic E-state index is 12.0. The van der Waals surface area contributed by atoms with E-state index in [1.165, 1.54) is 0 Å². The van der Waals surface area contributed by atoms with Gasteiger partial charge in [-0.05, 0) is 0 Å². The number of alkyl halides is 11. The zero-order valence-corrected chi connectivity index (χ0v) is 7.14. The quantitative estimate of drug-likeness (QED) is 0.717. The van der Waals surface area contributed by atoms with Crippen molar-refractivity contribution in [2.24, 2.45) is 0 Å². The van der Waals surface area contributed by atoms with E-state index in [2.05, 4.69) is 0 Å². The van der Waals surface area contributed by atoms with Crippen molar-refractivity contribution < 1.29 is 53.0 Å². The lowest BCUT2D eigenvalue weighted by Crippen LogP contribution is -2.56. The molecule has 0 atom stereocenters. The first-order chi connectivity index (χ1) is 7.15. The van der Waals surface area contributed by atoms with Gasteiger partial charge >= 0.3 is 30.7 Å². The fourth-order valence-electron chi connectivity index (χ4n) is 0.445. The van der Waals surface area contributed by atoms with Gasteiger partial charge in [-0.25, -0.2) is 13.5 Å². The van der Waals surface area contributed by atoms with Crippen LogP contribution in [-0.4, -0.2) is 30.7 Å². The third-order valence-corrected chi connectivity index (χ3v) is 1.24. The van der Waals surface area contributed by atoms with E-state index in [1.807, 2.05) is 0 Å². The van der Waals surface area contributed by atoms with Crippen LogP contribution in [0.5, 0.6) is 0 Å². The van der Waals surface area contributed by atoms with Crippen molar-refractivity contribution in [3.63, 3.8) is 0 Å². The average Bonchev–Trinajstić information content (AvgIpc) is 1.98. The summed E-state index contributed by atoms with van der Waals surface area (Å²) in [6.45, 7) is 0. The van der Waals surface area contributed by atoms with Gasteiger partial charge in [0.1, 0.15) is 0 Å². The standard InChI is InChI=1S/C5HF11O/c6-1(7)2(8,9)17-5(15,16)3(10,11)4(12,13)14/h1H. The van der Waals surface area contributed by atoms with Crippen LogP contribution < -0.4 is 0 Å². The van der Waals surface area contributed by atoms with Gasteiger partial charge in [-0.15, -0.1) is 0 Å². The predicted octanol–water partition coefficient (Wildman–Crippen LogP) is 3.65. The fourth-order valence-corrected chi connectivity index (χ4v) is 0.445. The first-order valence-electron chi connectivity index (χ1n) is 3.33. The lowest BCUT2D eigenvalue weighted by Gasteiger charge is -2.30. The summed E-state index contributed by atoms with van der Waals surface area (Å²) in [4.78, 5) is 0. The van der Waals surface area contributed by atoms with Crippen LogP contribution in [0.2, 0.25) is 0 Å². The highest BCUT2D eigenvalue weighted by Crippen LogP contribution is 2.49. The molecule has 0 amide bonds. The first-order valence-corrected chi connectivity index (χ1v) is 3.33. The minimum absolute atomic E-state index is 1.59. The molecule has 0 aliphatic heterocycles. The summed E-state index contributed by atoms with van der Waals surface area (Å²) in [5.41, 5.74) is 0. The largest absolute Gasteiger partial charge is 0.462 e. The first kappa shape index (κ1) is 16.2. The lowest BCUT2D eigenvalue weighted by atomic mass is 10.3. The number of halogens is 11. The number of rotatable bonds is 4. The van der Waals surface area contributed by atoms with Crippen LogP contribution in [0.15, 0.2) is 0 Å². The third-order valence-electron chi connectivity index (χ3n) is 1.24. The van der Waals surface area contributed by atoms with Gasteiger partial charge in [0.15, 0.2) is 0 Å². The monoisotopic (exact) mass is 286 g/mol. The van der Waals surface area contributed by atoms with Crippen LogP contribution in [0.25, 0.3) is 0 Å². The molecule has 0 heterocycles. The van der Waals surface area contributed by atoms with E-state index >= 15 is 0 Å². The summed E-state index contributed by atoms with van der Waals surface area (Å²) < 4.78 is 130. The van der Waals surface area contributed by atoms with E-state index in [0.29, 0.717) is 0 Å². The zero-order chi connectivity index (χ0) is 14.3. The normalized spacial score (nSPS) is 15.5. The number of hydrogen-bond acceptors (Lipinski definition) is 1. The van der Waals surface area contributed by atoms with Gasteiger partial charge in [-0.3, -0.25) is 0 Å². The van der Waals surface area contributed by atoms with Crippen molar-refractivity contribution in [2.45, 2.75) is 30.7 Å². The van der Waals surface area contributed by atoms with Crippen molar-refractivity contribution in [3.05, 3.63) is 0 Å². The van der Waals surface area contributed by atoms with Crippen molar-refractivity contribution in [1.82, 2.24) is 0 Å². The van der Waals surface area contributed by atoms with Gasteiger partial charge in [0.2, 0.25) is 0 Å². The highest BCUT2D eigenvalue weighted by atomic mass is 19.4. The Hall–Kier alpha value is -0.810. The van der Waals surface area contributed by atoms with Crippen LogP contribution >= 0.6 is 0 Å². The van der Waals surface area contributed by atoms with E-state index in [9.17, 15) is 48.3 Å². The van der Waals surface area contributed by atoms with Crippen molar-refractivity contribution in [3.8, 4) is 0 Å². The Morgan fingerprint density at radius 1 is 0.706 bits per heavy atom. The molecule has 0 aliphatic rings. The molecular weight excluding hydrogens is 285 g/mol. The number of hydrogen-bond donors (Lipinski definition) is 0. The second-order valence-electron chi connectivity index (χ2n) is 2.55. The molecule has 0 aromatic heterocycles. The second kappa shape index (κ2) is 4.14. The lowest BCUT2D eigenvalue weighted by molar-refractivity contribution is -0.483. The van der Waals surface area contributed by atoms with E-state index < -0.39 is 30.7 Å². The van der Waals surface area contributed by atoms with Crippen molar-refractivity contribution >= 4 is 0 Å². The fraction of sp³-hybridized carbons (Fsp3) is 1.00. The third kappa shape index (κ3) is 3.10. The number of ether oxygens (including phenoxy) is 1. The summed E-state index contributed by atoms with van der Waals surface area (Å²) in [5, 5.41) is 0. The molecular formula is C5HF11O. The SMILES string of the molecule is FC(F)C(F)(F)OC(F)(F)C(F)(F)C(F)(F)F. The Morgan fingerprint density at radius 3 is 1.29 bits per heavy atom. The van der Waals surface area contributed by atoms with Crippen LogP contribution in [0.3, 0.4) is 0 Å². The summed E-state index contributed by atoms with van der Waals surface area (Å²) in [5.74, 6) is -7.04. The van der Waals surface area contributed by atoms with Crippen molar-refractivity contribution in [1.29, 1.82) is 0 Å². The Kier molecular flexibility index (Phi) is 3.94. The summed E-state index contributed by atoms with van der Waals surface area (Å²) in [6, 6.07) is 0. The molecule has 0 saturated carbocycles. The summed E-state index contributed by atoms with van der Waals surface area (Å²) in [7, 11) is 0. The Labute approximate surface area is 85.1 Å². The molecule has 0 aromatic carbocycles. The smallest absolute Gasteiger partial charge is 0.245 e. The summed E-state index contributed by atoms with van der Waals surface area (Å²) >= 11 is 0. The van der Waals surface area contributed by atoms with Crippen LogP contribution in [0.4, 0.5) is 48.3 Å². The maximum absolute atomic E-state index is 12.0. The molecule has 12 heteroatoms. The van der Waals surface area contributed by atoms with Crippen LogP contribution in [-0.2, 0) is 4.74 Å². The Morgan fingerprint density at radius 2 is 1.06 bits per heavy atom. The zero-order valence-electron chi connectivity index (χ0n) is 7.14. The molecule has 17 heavy (non-hydrogen) atoms. The molecule has 1 nitrogen and oxygen atoms in total. The Balaban J connectivity index is 5.17. The molecule has 0 saturated heterocycles. The molecule has 0 radical (unpaired) electrons. The van der Waals surface area contributed by atoms with Crippen LogP contribution in [0.1, 0.15) is 0 Å². The van der Waals surface area contributed by atoms with Gasteiger partial charge in [-0.1, -0.05) is 0 Å². The minimum atomic E-state index is -7.04. The highest BCUT2D eigenvalue weighted by Gasteiger charge is 2.77. The highest BCUT2D eigenvalue weighted by molar-refractivity contribution is 4.86. The molecule has 0 fully saturated rings. The maximum Gasteiger partial charge on any atom is 0.462 e. The van der Waals surface area contributed by atoms with Gasteiger partial charge in [-0.2, -0.15) is 39.5 Å². The van der Waals surface area contributed by atoms with Gasteiger partial charge in [0.05, 0.1) is 0 Å². The van der Waals surface area contributed by atoms with Gasteiger partial charge in [0, 0.05) is 0 Å². The molecule has 0 N–H and O–H groups in total. The van der Waals surface area contributed by atoms with E-state index in [4.69, 9.17) is 0 Å². The van der Waals surface area contributed by atoms with E-state index in [0.717, 1.165) is 0 Å². The molecule has 104 valence electrons. The average molecular weight is 286 g/mol. The van der Waals surface area contributed by atoms with Gasteiger partial charge in [0.25, 0.3) is 0 Å². The Bertz CT molecular complexity index is 266. The van der Waals surface area contributed by atoms with E-state index in [-0.39, 0.29) is 0 Å². The molecule has 0 unspecified atom stereocenters.